The maximum absolute atomic E-state index is 12.3. The van der Waals surface area contributed by atoms with E-state index >= 15 is 0 Å². The molecular weight excluding hydrogens is 236 g/mol. The highest BCUT2D eigenvalue weighted by atomic mass is 16.1. The van der Waals surface area contributed by atoms with Crippen molar-refractivity contribution in [3.05, 3.63) is 71.3 Å². The fourth-order valence-corrected chi connectivity index (χ4v) is 1.88. The molecule has 3 heteroatoms. The lowest BCUT2D eigenvalue weighted by molar-refractivity contribution is 0.103. The Balaban J connectivity index is 2.34. The summed E-state index contributed by atoms with van der Waals surface area (Å²) in [7, 11) is 0. The van der Waals surface area contributed by atoms with Gasteiger partial charge in [0.1, 0.15) is 0 Å². The van der Waals surface area contributed by atoms with Crippen molar-refractivity contribution in [2.24, 2.45) is 5.73 Å². The molecule has 2 aromatic carbocycles. The summed E-state index contributed by atoms with van der Waals surface area (Å²) in [6.07, 6.45) is 0. The average molecular weight is 252 g/mol. The minimum Gasteiger partial charge on any atom is -0.387 e. The number of hydrogen-bond acceptors (Lipinski definition) is 2. The van der Waals surface area contributed by atoms with Crippen LogP contribution in [0.4, 0.5) is 0 Å². The van der Waals surface area contributed by atoms with Gasteiger partial charge in [0.25, 0.3) is 0 Å². The first-order valence-corrected chi connectivity index (χ1v) is 6.13. The van der Waals surface area contributed by atoms with Crippen LogP contribution in [-0.2, 0) is 0 Å². The number of nitrogens with two attached hydrogens (primary N) is 1. The molecule has 0 aliphatic heterocycles. The predicted molar refractivity (Wildman–Crippen MR) is 76.6 cm³/mol. The van der Waals surface area contributed by atoms with Gasteiger partial charge in [0.05, 0.1) is 5.84 Å². The quantitative estimate of drug-likeness (QED) is 0.499. The van der Waals surface area contributed by atoms with Gasteiger partial charge in [-0.05, 0) is 11.6 Å². The molecule has 3 nitrogen and oxygen atoms in total. The second-order valence-corrected chi connectivity index (χ2v) is 4.50. The Morgan fingerprint density at radius 3 is 2.32 bits per heavy atom. The molecule has 2 aromatic rings. The van der Waals surface area contributed by atoms with Crippen molar-refractivity contribution in [3.63, 3.8) is 0 Å². The fraction of sp³-hybridized carbons (Fsp3) is 0.125. The maximum Gasteiger partial charge on any atom is 0.193 e. The summed E-state index contributed by atoms with van der Waals surface area (Å²) >= 11 is 0. The van der Waals surface area contributed by atoms with Crippen LogP contribution in [0.2, 0.25) is 0 Å². The van der Waals surface area contributed by atoms with Gasteiger partial charge in [0.15, 0.2) is 5.78 Å². The first-order valence-electron chi connectivity index (χ1n) is 6.13. The molecule has 96 valence electrons. The summed E-state index contributed by atoms with van der Waals surface area (Å²) < 4.78 is 0. The van der Waals surface area contributed by atoms with E-state index in [1.807, 2.05) is 37.3 Å². The lowest BCUT2D eigenvalue weighted by atomic mass is 9.95. The zero-order valence-electron chi connectivity index (χ0n) is 10.8. The smallest absolute Gasteiger partial charge is 0.193 e. The monoisotopic (exact) mass is 252 g/mol. The fourth-order valence-electron chi connectivity index (χ4n) is 1.88. The molecule has 1 unspecified atom stereocenters. The van der Waals surface area contributed by atoms with Gasteiger partial charge >= 0.3 is 0 Å². The standard InChI is InChI=1S/C16H16N2O/c1-11(16(17)18)13-8-5-9-14(10-13)15(19)12-6-3-2-4-7-12/h2-11H,1H3,(H3,17,18). The largest absolute Gasteiger partial charge is 0.387 e. The highest BCUT2D eigenvalue weighted by Crippen LogP contribution is 2.18. The van der Waals surface area contributed by atoms with Crippen LogP contribution in [0.1, 0.15) is 34.3 Å². The number of carbonyl (C=O) groups excluding carboxylic acids is 1. The van der Waals surface area contributed by atoms with Crippen LogP contribution >= 0.6 is 0 Å². The molecule has 0 spiro atoms. The van der Waals surface area contributed by atoms with E-state index < -0.39 is 0 Å². The third-order valence-corrected chi connectivity index (χ3v) is 3.15. The van der Waals surface area contributed by atoms with Crippen molar-refractivity contribution >= 4 is 11.6 Å². The number of rotatable bonds is 4. The van der Waals surface area contributed by atoms with E-state index in [1.54, 1.807) is 24.3 Å². The van der Waals surface area contributed by atoms with E-state index in [0.29, 0.717) is 11.1 Å². The van der Waals surface area contributed by atoms with Crippen LogP contribution in [0, 0.1) is 5.41 Å². The van der Waals surface area contributed by atoms with Crippen molar-refractivity contribution < 1.29 is 4.79 Å². The van der Waals surface area contributed by atoms with Crippen LogP contribution in [0.25, 0.3) is 0 Å². The predicted octanol–water partition coefficient (Wildman–Crippen LogP) is 2.96. The van der Waals surface area contributed by atoms with E-state index in [0.717, 1.165) is 5.56 Å². The van der Waals surface area contributed by atoms with Crippen LogP contribution in [0.15, 0.2) is 54.6 Å². The zero-order chi connectivity index (χ0) is 13.8. The average Bonchev–Trinajstić information content (AvgIpc) is 2.46. The minimum atomic E-state index is -0.177. The molecule has 0 fully saturated rings. The molecule has 0 heterocycles. The second-order valence-electron chi connectivity index (χ2n) is 4.50. The summed E-state index contributed by atoms with van der Waals surface area (Å²) in [5.41, 5.74) is 7.67. The number of hydrogen-bond donors (Lipinski definition) is 2. The second kappa shape index (κ2) is 5.48. The summed E-state index contributed by atoms with van der Waals surface area (Å²) in [4.78, 5) is 12.3. The Hall–Kier alpha value is -2.42. The van der Waals surface area contributed by atoms with E-state index in [-0.39, 0.29) is 17.5 Å². The molecule has 0 aromatic heterocycles. The molecule has 0 bridgehead atoms. The first-order chi connectivity index (χ1) is 9.09. The minimum absolute atomic E-state index is 0.0156. The van der Waals surface area contributed by atoms with Crippen molar-refractivity contribution in [1.82, 2.24) is 0 Å². The van der Waals surface area contributed by atoms with E-state index in [9.17, 15) is 4.79 Å². The normalized spacial score (nSPS) is 11.8. The van der Waals surface area contributed by atoms with E-state index in [2.05, 4.69) is 0 Å². The summed E-state index contributed by atoms with van der Waals surface area (Å²) in [6.45, 7) is 1.86. The number of nitrogens with one attached hydrogen (secondary N) is 1. The number of benzene rings is 2. The van der Waals surface area contributed by atoms with Crippen molar-refractivity contribution in [1.29, 1.82) is 5.41 Å². The first kappa shape index (κ1) is 13.0. The third kappa shape index (κ3) is 2.88. The molecule has 0 radical (unpaired) electrons. The number of ketones is 1. The van der Waals surface area contributed by atoms with Gasteiger partial charge in [0.2, 0.25) is 0 Å². The molecule has 3 N–H and O–H groups in total. The lowest BCUT2D eigenvalue weighted by Crippen LogP contribution is -2.18. The SMILES string of the molecule is CC(C(=N)N)c1cccc(C(=O)c2ccccc2)c1. The molecule has 0 aliphatic carbocycles. The van der Waals surface area contributed by atoms with Gasteiger partial charge in [-0.25, -0.2) is 0 Å². The highest BCUT2D eigenvalue weighted by Gasteiger charge is 2.13. The Morgan fingerprint density at radius 1 is 1.05 bits per heavy atom. The van der Waals surface area contributed by atoms with Crippen LogP contribution in [-0.4, -0.2) is 11.6 Å². The Morgan fingerprint density at radius 2 is 1.68 bits per heavy atom. The third-order valence-electron chi connectivity index (χ3n) is 3.15. The molecular formula is C16H16N2O. The Labute approximate surface area is 112 Å². The Kier molecular flexibility index (Phi) is 3.76. The van der Waals surface area contributed by atoms with Crippen LogP contribution in [0.5, 0.6) is 0 Å². The van der Waals surface area contributed by atoms with Gasteiger partial charge in [0, 0.05) is 17.0 Å². The Bertz CT molecular complexity index is 605. The van der Waals surface area contributed by atoms with Gasteiger partial charge in [-0.1, -0.05) is 55.5 Å². The summed E-state index contributed by atoms with van der Waals surface area (Å²) in [6, 6.07) is 16.5. The van der Waals surface area contributed by atoms with Crippen molar-refractivity contribution in [2.45, 2.75) is 12.8 Å². The van der Waals surface area contributed by atoms with Crippen molar-refractivity contribution in [2.75, 3.05) is 0 Å². The van der Waals surface area contributed by atoms with Gasteiger partial charge in [-0.15, -0.1) is 0 Å². The number of amidine groups is 1. The van der Waals surface area contributed by atoms with E-state index in [1.165, 1.54) is 0 Å². The van der Waals surface area contributed by atoms with E-state index in [4.69, 9.17) is 11.1 Å². The van der Waals surface area contributed by atoms with Gasteiger partial charge in [-0.2, -0.15) is 0 Å². The van der Waals surface area contributed by atoms with Crippen LogP contribution in [0.3, 0.4) is 0 Å². The molecule has 0 aliphatic rings. The number of carbonyl (C=O) groups is 1. The summed E-state index contributed by atoms with van der Waals surface area (Å²) in [5, 5.41) is 7.47. The van der Waals surface area contributed by atoms with Gasteiger partial charge in [-0.3, -0.25) is 10.2 Å². The lowest BCUT2D eigenvalue weighted by Gasteiger charge is -2.11. The molecule has 1 atom stereocenters. The molecule has 0 saturated carbocycles. The highest BCUT2D eigenvalue weighted by molar-refractivity contribution is 6.09. The molecule has 0 saturated heterocycles. The summed E-state index contributed by atoms with van der Waals surface area (Å²) in [5.74, 6) is -0.0916. The topological polar surface area (TPSA) is 66.9 Å². The molecule has 2 rings (SSSR count). The zero-order valence-corrected chi connectivity index (χ0v) is 10.8. The molecule has 0 amide bonds. The maximum atomic E-state index is 12.3. The van der Waals surface area contributed by atoms with Crippen LogP contribution < -0.4 is 5.73 Å². The molecule has 19 heavy (non-hydrogen) atoms. The van der Waals surface area contributed by atoms with Gasteiger partial charge < -0.3 is 5.73 Å². The van der Waals surface area contributed by atoms with Crippen molar-refractivity contribution in [3.8, 4) is 0 Å².